The lowest BCUT2D eigenvalue weighted by molar-refractivity contribution is -0.171. The number of likely N-dealkylation sites (tertiary alicyclic amines) is 1. The molecule has 0 bridgehead atoms. The van der Waals surface area contributed by atoms with Crippen LogP contribution in [-0.4, -0.2) is 62.3 Å². The molecule has 0 aromatic carbocycles. The van der Waals surface area contributed by atoms with Crippen LogP contribution in [0.1, 0.15) is 45.4 Å². The Morgan fingerprint density at radius 3 is 2.81 bits per heavy atom. The minimum atomic E-state index is -0.0639. The molecule has 6 nitrogen and oxygen atoms in total. The number of guanidine groups is 1. The first kappa shape index (κ1) is 20.2. The monoisotopic (exact) mass is 477 g/mol. The highest BCUT2D eigenvalue weighted by atomic mass is 127. The van der Waals surface area contributed by atoms with Gasteiger partial charge < -0.3 is 19.7 Å². The summed E-state index contributed by atoms with van der Waals surface area (Å²) in [6, 6.07) is 0.482. The third-order valence-electron chi connectivity index (χ3n) is 6.87. The summed E-state index contributed by atoms with van der Waals surface area (Å²) in [4.78, 5) is 18.9. The van der Waals surface area contributed by atoms with Gasteiger partial charge in [-0.15, -0.1) is 24.0 Å². The molecule has 4 rings (SSSR count). The summed E-state index contributed by atoms with van der Waals surface area (Å²) in [5, 5.41) is 3.77. The highest BCUT2D eigenvalue weighted by Crippen LogP contribution is 2.62. The highest BCUT2D eigenvalue weighted by Gasteiger charge is 2.66. The van der Waals surface area contributed by atoms with E-state index in [1.807, 2.05) is 14.0 Å². The maximum Gasteiger partial charge on any atom is 0.310 e. The van der Waals surface area contributed by atoms with Gasteiger partial charge in [-0.3, -0.25) is 9.79 Å². The average molecular weight is 477 g/mol. The SMILES string of the molecule is CCOC(=O)C1CCCN(C(=NC)NC2C3CCOC3C23CCC3)C1.I. The first-order valence-electron chi connectivity index (χ1n) is 9.96. The zero-order valence-corrected chi connectivity index (χ0v) is 18.2. The van der Waals surface area contributed by atoms with Crippen LogP contribution in [0.5, 0.6) is 0 Å². The van der Waals surface area contributed by atoms with Crippen LogP contribution < -0.4 is 5.32 Å². The van der Waals surface area contributed by atoms with Crippen molar-refractivity contribution in [2.24, 2.45) is 22.2 Å². The number of halogens is 1. The Bertz CT molecular complexity index is 552. The van der Waals surface area contributed by atoms with Gasteiger partial charge in [0.2, 0.25) is 0 Å². The standard InChI is InChI=1S/C19H31N3O3.HI/c1-3-24-17(23)13-6-4-10-22(12-13)18(20-2)21-15-14-7-11-25-16(14)19(15)8-5-9-19;/h13-16H,3-12H2,1-2H3,(H,20,21);1H. The molecule has 2 aliphatic carbocycles. The summed E-state index contributed by atoms with van der Waals surface area (Å²) in [5.41, 5.74) is 0.341. The van der Waals surface area contributed by atoms with Crippen molar-refractivity contribution in [3.05, 3.63) is 0 Å². The van der Waals surface area contributed by atoms with Gasteiger partial charge in [-0.2, -0.15) is 0 Å². The molecule has 0 radical (unpaired) electrons. The van der Waals surface area contributed by atoms with Gasteiger partial charge in [0, 0.05) is 44.1 Å². The molecular formula is C19H32IN3O3. The van der Waals surface area contributed by atoms with E-state index in [-0.39, 0.29) is 35.9 Å². The molecule has 2 heterocycles. The van der Waals surface area contributed by atoms with Gasteiger partial charge in [-0.25, -0.2) is 0 Å². The molecule has 4 aliphatic rings. The lowest BCUT2D eigenvalue weighted by Crippen LogP contribution is -2.72. The van der Waals surface area contributed by atoms with Crippen molar-refractivity contribution in [1.82, 2.24) is 10.2 Å². The number of carbonyl (C=O) groups excluding carboxylic acids is 1. The second kappa shape index (κ2) is 8.20. The van der Waals surface area contributed by atoms with Crippen LogP contribution in [-0.2, 0) is 14.3 Å². The van der Waals surface area contributed by atoms with E-state index in [1.165, 1.54) is 19.3 Å². The average Bonchev–Trinajstić information content (AvgIpc) is 3.00. The lowest BCUT2D eigenvalue weighted by Gasteiger charge is -2.63. The summed E-state index contributed by atoms with van der Waals surface area (Å²) < 4.78 is 11.3. The third kappa shape index (κ3) is 3.23. The third-order valence-corrected chi connectivity index (χ3v) is 6.87. The number of nitrogens with zero attached hydrogens (tertiary/aromatic N) is 2. The molecule has 0 aromatic heterocycles. The minimum Gasteiger partial charge on any atom is -0.466 e. The maximum atomic E-state index is 12.1. The Hall–Kier alpha value is -0.570. The van der Waals surface area contributed by atoms with Crippen molar-refractivity contribution in [2.45, 2.75) is 57.6 Å². The van der Waals surface area contributed by atoms with Gasteiger partial charge >= 0.3 is 5.97 Å². The summed E-state index contributed by atoms with van der Waals surface area (Å²) in [5.74, 6) is 1.48. The number of carbonyl (C=O) groups is 1. The van der Waals surface area contributed by atoms with E-state index in [1.54, 1.807) is 0 Å². The van der Waals surface area contributed by atoms with Crippen LogP contribution in [0.25, 0.3) is 0 Å². The predicted molar refractivity (Wildman–Crippen MR) is 111 cm³/mol. The van der Waals surface area contributed by atoms with Gasteiger partial charge in [0.25, 0.3) is 0 Å². The molecule has 2 aliphatic heterocycles. The number of esters is 1. The van der Waals surface area contributed by atoms with E-state index in [2.05, 4.69) is 15.2 Å². The Labute approximate surface area is 173 Å². The molecule has 0 amide bonds. The Morgan fingerprint density at radius 2 is 2.15 bits per heavy atom. The molecule has 1 spiro atoms. The molecular weight excluding hydrogens is 445 g/mol. The smallest absolute Gasteiger partial charge is 0.310 e. The molecule has 4 unspecified atom stereocenters. The number of hydrogen-bond donors (Lipinski definition) is 1. The molecule has 7 heteroatoms. The Morgan fingerprint density at radius 1 is 1.35 bits per heavy atom. The van der Waals surface area contributed by atoms with Gasteiger partial charge in [-0.05, 0) is 39.0 Å². The molecule has 4 atom stereocenters. The summed E-state index contributed by atoms with van der Waals surface area (Å²) in [7, 11) is 1.85. The molecule has 148 valence electrons. The fourth-order valence-corrected chi connectivity index (χ4v) is 5.51. The number of rotatable bonds is 3. The number of aliphatic imine (C=N–C) groups is 1. The molecule has 1 N–H and O–H groups in total. The zero-order valence-electron chi connectivity index (χ0n) is 15.9. The molecule has 2 saturated heterocycles. The molecule has 2 saturated carbocycles. The number of hydrogen-bond acceptors (Lipinski definition) is 4. The van der Waals surface area contributed by atoms with Crippen LogP contribution in [0.3, 0.4) is 0 Å². The lowest BCUT2D eigenvalue weighted by atomic mass is 9.46. The van der Waals surface area contributed by atoms with Crippen molar-refractivity contribution in [1.29, 1.82) is 0 Å². The number of fused-ring (bicyclic) bond motifs is 2. The van der Waals surface area contributed by atoms with Crippen molar-refractivity contribution in [3.63, 3.8) is 0 Å². The first-order chi connectivity index (χ1) is 12.2. The van der Waals surface area contributed by atoms with Crippen LogP contribution in [0, 0.1) is 17.3 Å². The van der Waals surface area contributed by atoms with Crippen LogP contribution in [0.4, 0.5) is 0 Å². The van der Waals surface area contributed by atoms with E-state index in [0.29, 0.717) is 36.6 Å². The number of piperidine rings is 1. The van der Waals surface area contributed by atoms with Crippen molar-refractivity contribution >= 4 is 35.9 Å². The van der Waals surface area contributed by atoms with Gasteiger partial charge in [-0.1, -0.05) is 6.42 Å². The van der Waals surface area contributed by atoms with E-state index in [4.69, 9.17) is 9.47 Å². The first-order valence-corrected chi connectivity index (χ1v) is 9.96. The van der Waals surface area contributed by atoms with Crippen molar-refractivity contribution in [2.75, 3.05) is 33.4 Å². The van der Waals surface area contributed by atoms with Gasteiger partial charge in [0.1, 0.15) is 0 Å². The summed E-state index contributed by atoms with van der Waals surface area (Å²) >= 11 is 0. The van der Waals surface area contributed by atoms with Crippen LogP contribution in [0.2, 0.25) is 0 Å². The number of ether oxygens (including phenoxy) is 2. The quantitative estimate of drug-likeness (QED) is 0.293. The fraction of sp³-hybridized carbons (Fsp3) is 0.895. The second-order valence-corrected chi connectivity index (χ2v) is 8.04. The molecule has 4 fully saturated rings. The number of nitrogens with one attached hydrogen (secondary N) is 1. The van der Waals surface area contributed by atoms with E-state index >= 15 is 0 Å². The maximum absolute atomic E-state index is 12.1. The Kier molecular flexibility index (Phi) is 6.37. The largest absolute Gasteiger partial charge is 0.466 e. The molecule has 0 aromatic rings. The predicted octanol–water partition coefficient (Wildman–Crippen LogP) is 2.41. The summed E-state index contributed by atoms with van der Waals surface area (Å²) in [6.07, 6.45) is 7.41. The fourth-order valence-electron chi connectivity index (χ4n) is 5.51. The van der Waals surface area contributed by atoms with Crippen LogP contribution >= 0.6 is 24.0 Å². The van der Waals surface area contributed by atoms with E-state index < -0.39 is 0 Å². The van der Waals surface area contributed by atoms with E-state index in [9.17, 15) is 4.79 Å². The zero-order chi connectivity index (χ0) is 17.4. The van der Waals surface area contributed by atoms with Crippen molar-refractivity contribution < 1.29 is 14.3 Å². The van der Waals surface area contributed by atoms with Crippen LogP contribution in [0.15, 0.2) is 4.99 Å². The van der Waals surface area contributed by atoms with Crippen molar-refractivity contribution in [3.8, 4) is 0 Å². The Balaban J connectivity index is 0.00000196. The second-order valence-electron chi connectivity index (χ2n) is 8.04. The van der Waals surface area contributed by atoms with Gasteiger partial charge in [0.15, 0.2) is 5.96 Å². The molecule has 26 heavy (non-hydrogen) atoms. The normalized spacial score (nSPS) is 35.0. The summed E-state index contributed by atoms with van der Waals surface area (Å²) in [6.45, 7) is 4.90. The minimum absolute atomic E-state index is 0. The van der Waals surface area contributed by atoms with E-state index in [0.717, 1.165) is 38.4 Å². The van der Waals surface area contributed by atoms with Gasteiger partial charge in [0.05, 0.1) is 18.6 Å². The topological polar surface area (TPSA) is 63.2 Å². The highest BCUT2D eigenvalue weighted by molar-refractivity contribution is 14.0.